The highest BCUT2D eigenvalue weighted by molar-refractivity contribution is 7.09. The van der Waals surface area contributed by atoms with Crippen molar-refractivity contribution in [1.82, 2.24) is 20.1 Å². The fourth-order valence-corrected chi connectivity index (χ4v) is 4.28. The summed E-state index contributed by atoms with van der Waals surface area (Å²) >= 11 is 1.72. The van der Waals surface area contributed by atoms with Crippen LogP contribution in [0.1, 0.15) is 29.2 Å². The van der Waals surface area contributed by atoms with Gasteiger partial charge < -0.3 is 10.1 Å². The van der Waals surface area contributed by atoms with Gasteiger partial charge >= 0.3 is 0 Å². The van der Waals surface area contributed by atoms with Crippen LogP contribution in [-0.4, -0.2) is 51.4 Å². The van der Waals surface area contributed by atoms with Crippen molar-refractivity contribution in [2.75, 3.05) is 25.0 Å². The standard InChI is InChI=1S/C17H23N5OS/c1-12-3-4-16(21-20-12)19-14-7-17(23-9-14)5-6-22(11-17)8-15-10-24-13(2)18-15/h3-4,10,14H,5-9,11H2,1-2H3,(H,19,21)/t14-,17-/m1/s1. The number of nitrogens with one attached hydrogen (secondary N) is 1. The van der Waals surface area contributed by atoms with Crippen LogP contribution < -0.4 is 5.32 Å². The van der Waals surface area contributed by atoms with Crippen molar-refractivity contribution in [2.45, 2.75) is 44.9 Å². The number of thiazole rings is 1. The van der Waals surface area contributed by atoms with Crippen molar-refractivity contribution in [3.05, 3.63) is 33.9 Å². The maximum atomic E-state index is 6.21. The first kappa shape index (κ1) is 15.9. The van der Waals surface area contributed by atoms with Crippen LogP contribution >= 0.6 is 11.3 Å². The van der Waals surface area contributed by atoms with Crippen molar-refractivity contribution in [1.29, 1.82) is 0 Å². The molecule has 2 aliphatic rings. The highest BCUT2D eigenvalue weighted by Crippen LogP contribution is 2.36. The van der Waals surface area contributed by atoms with E-state index >= 15 is 0 Å². The SMILES string of the molecule is Cc1ccc(N[C@H]2CO[C@]3(CCN(Cc4csc(C)n4)C3)C2)nn1. The third-order valence-corrected chi connectivity index (χ3v) is 5.63. The molecule has 1 spiro atoms. The summed E-state index contributed by atoms with van der Waals surface area (Å²) in [5, 5.41) is 15.1. The highest BCUT2D eigenvalue weighted by Gasteiger charge is 2.45. The summed E-state index contributed by atoms with van der Waals surface area (Å²) in [5.41, 5.74) is 2.10. The highest BCUT2D eigenvalue weighted by atomic mass is 32.1. The van der Waals surface area contributed by atoms with Crippen LogP contribution in [0.2, 0.25) is 0 Å². The van der Waals surface area contributed by atoms with E-state index in [0.29, 0.717) is 6.04 Å². The Morgan fingerprint density at radius 2 is 2.29 bits per heavy atom. The third-order valence-electron chi connectivity index (χ3n) is 4.81. The minimum absolute atomic E-state index is 0.0130. The first-order chi connectivity index (χ1) is 11.6. The average Bonchev–Trinajstić information content (AvgIpc) is 3.25. The molecule has 6 nitrogen and oxygen atoms in total. The normalized spacial score (nSPS) is 27.2. The van der Waals surface area contributed by atoms with E-state index in [1.165, 1.54) is 5.69 Å². The molecule has 2 aromatic heterocycles. The summed E-state index contributed by atoms with van der Waals surface area (Å²) in [6.07, 6.45) is 2.11. The van der Waals surface area contributed by atoms with Gasteiger partial charge in [0.1, 0.15) is 5.82 Å². The number of hydrogen-bond acceptors (Lipinski definition) is 7. The molecule has 2 fully saturated rings. The third kappa shape index (κ3) is 3.43. The molecule has 4 rings (SSSR count). The molecule has 2 aliphatic heterocycles. The second-order valence-electron chi connectivity index (χ2n) is 6.92. The fraction of sp³-hybridized carbons (Fsp3) is 0.588. The number of ether oxygens (including phenoxy) is 1. The lowest BCUT2D eigenvalue weighted by Crippen LogP contribution is -2.33. The maximum absolute atomic E-state index is 6.21. The zero-order chi connectivity index (χ0) is 16.6. The smallest absolute Gasteiger partial charge is 0.148 e. The number of aryl methyl sites for hydroxylation is 2. The molecule has 24 heavy (non-hydrogen) atoms. The number of hydrogen-bond donors (Lipinski definition) is 1. The van der Waals surface area contributed by atoms with Gasteiger partial charge in [0.25, 0.3) is 0 Å². The van der Waals surface area contributed by atoms with Gasteiger partial charge in [-0.3, -0.25) is 4.90 Å². The summed E-state index contributed by atoms with van der Waals surface area (Å²) in [6.45, 7) is 7.73. The molecule has 128 valence electrons. The molecule has 0 saturated carbocycles. The van der Waals surface area contributed by atoms with Crippen molar-refractivity contribution in [3.63, 3.8) is 0 Å². The van der Waals surface area contributed by atoms with E-state index in [2.05, 4.69) is 37.7 Å². The zero-order valence-electron chi connectivity index (χ0n) is 14.2. The minimum atomic E-state index is -0.0130. The molecule has 0 amide bonds. The number of rotatable bonds is 4. The molecule has 0 aliphatic carbocycles. The minimum Gasteiger partial charge on any atom is -0.371 e. The molecule has 0 unspecified atom stereocenters. The van der Waals surface area contributed by atoms with Gasteiger partial charge in [-0.2, -0.15) is 5.10 Å². The first-order valence-electron chi connectivity index (χ1n) is 8.44. The zero-order valence-corrected chi connectivity index (χ0v) is 15.0. The molecule has 2 aromatic rings. The van der Waals surface area contributed by atoms with Crippen molar-refractivity contribution in [2.24, 2.45) is 0 Å². The lowest BCUT2D eigenvalue weighted by molar-refractivity contribution is 0.0119. The summed E-state index contributed by atoms with van der Waals surface area (Å²) in [6, 6.07) is 4.27. The Hall–Kier alpha value is -1.57. The molecule has 0 bridgehead atoms. The maximum Gasteiger partial charge on any atom is 0.148 e. The molecular weight excluding hydrogens is 322 g/mol. The monoisotopic (exact) mass is 345 g/mol. The first-order valence-corrected chi connectivity index (χ1v) is 9.32. The summed E-state index contributed by atoms with van der Waals surface area (Å²) in [7, 11) is 0. The van der Waals surface area contributed by atoms with Gasteiger partial charge in [-0.25, -0.2) is 4.98 Å². The van der Waals surface area contributed by atoms with Crippen LogP contribution in [0.25, 0.3) is 0 Å². The Kier molecular flexibility index (Phi) is 4.24. The van der Waals surface area contributed by atoms with Gasteiger partial charge in [0.15, 0.2) is 0 Å². The van der Waals surface area contributed by atoms with E-state index < -0.39 is 0 Å². The van der Waals surface area contributed by atoms with Gasteiger partial charge in [-0.15, -0.1) is 16.4 Å². The second kappa shape index (κ2) is 6.38. The van der Waals surface area contributed by atoms with E-state index in [-0.39, 0.29) is 5.60 Å². The molecule has 2 atom stereocenters. The predicted octanol–water partition coefficient (Wildman–Crippen LogP) is 2.40. The summed E-state index contributed by atoms with van der Waals surface area (Å²) in [5.74, 6) is 0.832. The summed E-state index contributed by atoms with van der Waals surface area (Å²) in [4.78, 5) is 7.04. The Labute approximate surface area is 146 Å². The summed E-state index contributed by atoms with van der Waals surface area (Å²) < 4.78 is 6.21. The largest absolute Gasteiger partial charge is 0.371 e. The number of nitrogens with zero attached hydrogens (tertiary/aromatic N) is 4. The molecule has 4 heterocycles. The van der Waals surface area contributed by atoms with Crippen LogP contribution in [0, 0.1) is 13.8 Å². The van der Waals surface area contributed by atoms with Crippen LogP contribution in [-0.2, 0) is 11.3 Å². The lowest BCUT2D eigenvalue weighted by Gasteiger charge is -2.23. The average molecular weight is 345 g/mol. The van der Waals surface area contributed by atoms with E-state index in [4.69, 9.17) is 4.74 Å². The van der Waals surface area contributed by atoms with Gasteiger partial charge in [0.05, 0.1) is 34.6 Å². The second-order valence-corrected chi connectivity index (χ2v) is 7.98. The van der Waals surface area contributed by atoms with Crippen LogP contribution in [0.3, 0.4) is 0 Å². The number of anilines is 1. The quantitative estimate of drug-likeness (QED) is 0.918. The topological polar surface area (TPSA) is 63.2 Å². The lowest BCUT2D eigenvalue weighted by atomic mass is 9.97. The van der Waals surface area contributed by atoms with Crippen LogP contribution in [0.4, 0.5) is 5.82 Å². The number of aromatic nitrogens is 3. The Morgan fingerprint density at radius 1 is 1.38 bits per heavy atom. The van der Waals surface area contributed by atoms with Crippen molar-refractivity contribution in [3.8, 4) is 0 Å². The molecule has 2 saturated heterocycles. The number of likely N-dealkylation sites (tertiary alicyclic amines) is 1. The predicted molar refractivity (Wildman–Crippen MR) is 94.2 cm³/mol. The van der Waals surface area contributed by atoms with Gasteiger partial charge in [-0.1, -0.05) is 0 Å². The molecule has 7 heteroatoms. The van der Waals surface area contributed by atoms with Crippen LogP contribution in [0.15, 0.2) is 17.5 Å². The fourth-order valence-electron chi connectivity index (χ4n) is 3.68. The van der Waals surface area contributed by atoms with E-state index in [9.17, 15) is 0 Å². The Bertz CT molecular complexity index is 703. The molecular formula is C17H23N5OS. The van der Waals surface area contributed by atoms with E-state index in [1.807, 2.05) is 19.1 Å². The molecule has 0 radical (unpaired) electrons. The van der Waals surface area contributed by atoms with Crippen LogP contribution in [0.5, 0.6) is 0 Å². The Morgan fingerprint density at radius 3 is 3.04 bits per heavy atom. The van der Waals surface area contributed by atoms with Gasteiger partial charge in [0, 0.05) is 31.4 Å². The van der Waals surface area contributed by atoms with Crippen molar-refractivity contribution >= 4 is 17.2 Å². The Balaban J connectivity index is 1.33. The molecule has 1 N–H and O–H groups in total. The van der Waals surface area contributed by atoms with E-state index in [1.54, 1.807) is 11.3 Å². The molecule has 0 aromatic carbocycles. The van der Waals surface area contributed by atoms with E-state index in [0.717, 1.165) is 55.6 Å². The van der Waals surface area contributed by atoms with Gasteiger partial charge in [0.2, 0.25) is 0 Å². The van der Waals surface area contributed by atoms with Gasteiger partial charge in [-0.05, 0) is 32.4 Å². The van der Waals surface area contributed by atoms with Crippen molar-refractivity contribution < 1.29 is 4.74 Å².